The molecular formula is C21H26N4O4. The topological polar surface area (TPSA) is 93.4 Å². The minimum absolute atomic E-state index is 0.138. The molecule has 1 heterocycles. The van der Waals surface area contributed by atoms with Crippen molar-refractivity contribution in [2.45, 2.75) is 20.8 Å². The highest BCUT2D eigenvalue weighted by Gasteiger charge is 2.13. The van der Waals surface area contributed by atoms with E-state index in [0.717, 1.165) is 26.9 Å². The largest absolute Gasteiger partial charge is 0.333 e. The van der Waals surface area contributed by atoms with Gasteiger partial charge in [-0.05, 0) is 38.0 Å². The molecule has 29 heavy (non-hydrogen) atoms. The second kappa shape index (κ2) is 8.72. The highest BCUT2D eigenvalue weighted by atomic mass is 16.2. The van der Waals surface area contributed by atoms with E-state index in [9.17, 15) is 19.2 Å². The van der Waals surface area contributed by atoms with Crippen LogP contribution in [-0.2, 0) is 23.7 Å². The van der Waals surface area contributed by atoms with Crippen LogP contribution in [-0.4, -0.2) is 39.4 Å². The maximum absolute atomic E-state index is 12.4. The summed E-state index contributed by atoms with van der Waals surface area (Å²) in [7, 11) is 4.39. The van der Waals surface area contributed by atoms with E-state index in [-0.39, 0.29) is 18.0 Å². The molecule has 8 nitrogen and oxygen atoms in total. The lowest BCUT2D eigenvalue weighted by molar-refractivity contribution is -0.129. The first kappa shape index (κ1) is 21.9. The number of benzene rings is 1. The van der Waals surface area contributed by atoms with Crippen molar-refractivity contribution in [1.29, 1.82) is 0 Å². The molecule has 0 aliphatic rings. The highest BCUT2D eigenvalue weighted by molar-refractivity contribution is 5.98. The fourth-order valence-corrected chi connectivity index (χ4v) is 3.09. The van der Waals surface area contributed by atoms with Crippen molar-refractivity contribution in [2.24, 2.45) is 14.1 Å². The summed E-state index contributed by atoms with van der Waals surface area (Å²) >= 11 is 0. The molecule has 1 N–H and O–H groups in total. The number of carbonyl (C=O) groups excluding carboxylic acids is 2. The molecule has 0 bridgehead atoms. The number of rotatable bonds is 5. The van der Waals surface area contributed by atoms with Gasteiger partial charge in [0, 0.05) is 39.1 Å². The second-order valence-electron chi connectivity index (χ2n) is 7.19. The number of amides is 2. The predicted molar refractivity (Wildman–Crippen MR) is 113 cm³/mol. The van der Waals surface area contributed by atoms with E-state index >= 15 is 0 Å². The third kappa shape index (κ3) is 5.10. The quantitative estimate of drug-likeness (QED) is 0.764. The Balaban J connectivity index is 2.08. The number of nitrogens with zero attached hydrogens (tertiary/aromatic N) is 3. The molecule has 0 saturated carbocycles. The van der Waals surface area contributed by atoms with Gasteiger partial charge in [-0.3, -0.25) is 19.0 Å². The van der Waals surface area contributed by atoms with Gasteiger partial charge >= 0.3 is 5.69 Å². The first-order valence-corrected chi connectivity index (χ1v) is 9.08. The Morgan fingerprint density at radius 2 is 1.69 bits per heavy atom. The van der Waals surface area contributed by atoms with Crippen molar-refractivity contribution in [1.82, 2.24) is 14.0 Å². The van der Waals surface area contributed by atoms with Crippen LogP contribution in [0.2, 0.25) is 0 Å². The Bertz CT molecular complexity index is 1090. The van der Waals surface area contributed by atoms with Crippen molar-refractivity contribution in [3.8, 4) is 0 Å². The highest BCUT2D eigenvalue weighted by Crippen LogP contribution is 2.21. The monoisotopic (exact) mass is 398 g/mol. The second-order valence-corrected chi connectivity index (χ2v) is 7.19. The number of aryl methyl sites for hydroxylation is 4. The van der Waals surface area contributed by atoms with E-state index in [4.69, 9.17) is 0 Å². The number of hydrogen-bond acceptors (Lipinski definition) is 4. The van der Waals surface area contributed by atoms with Crippen LogP contribution in [0.25, 0.3) is 6.08 Å². The number of nitrogens with one attached hydrogen (secondary N) is 1. The first-order valence-electron chi connectivity index (χ1n) is 9.08. The van der Waals surface area contributed by atoms with Crippen LogP contribution in [0.5, 0.6) is 0 Å². The molecule has 2 aromatic rings. The Hall–Kier alpha value is -3.42. The number of anilines is 1. The summed E-state index contributed by atoms with van der Waals surface area (Å²) in [5.74, 6) is -0.754. The Kier molecular flexibility index (Phi) is 6.58. The molecule has 0 radical (unpaired) electrons. The van der Waals surface area contributed by atoms with Gasteiger partial charge in [-0.2, -0.15) is 0 Å². The lowest BCUT2D eigenvalue weighted by atomic mass is 10.1. The van der Waals surface area contributed by atoms with Gasteiger partial charge in [0.1, 0.15) is 0 Å². The molecule has 1 aromatic heterocycles. The van der Waals surface area contributed by atoms with Gasteiger partial charge in [0.05, 0.1) is 12.1 Å². The minimum Gasteiger partial charge on any atom is -0.333 e. The fraction of sp³-hybridized carbons (Fsp3) is 0.333. The standard InChI is InChI=1S/C21H26N4O4/c1-13-9-14(2)19(15(3)10-13)22-17(26)12-23(4)18(27)8-7-16-11-24(5)21(29)25(6)20(16)28/h7-11H,12H2,1-6H3,(H,22,26)/b8-7+. The van der Waals surface area contributed by atoms with E-state index in [1.165, 1.54) is 49.0 Å². The average molecular weight is 398 g/mol. The average Bonchev–Trinajstić information content (AvgIpc) is 2.64. The molecule has 0 fully saturated rings. The molecule has 0 aliphatic carbocycles. The SMILES string of the molecule is Cc1cc(C)c(NC(=O)CN(C)C(=O)/C=C/c2cn(C)c(=O)n(C)c2=O)c(C)c1. The summed E-state index contributed by atoms with van der Waals surface area (Å²) in [5.41, 5.74) is 3.01. The Labute approximate surface area is 169 Å². The van der Waals surface area contributed by atoms with E-state index in [2.05, 4.69) is 5.32 Å². The molecule has 154 valence electrons. The first-order chi connectivity index (χ1) is 13.5. The molecule has 0 spiro atoms. The van der Waals surface area contributed by atoms with Gasteiger partial charge in [0.15, 0.2) is 0 Å². The lowest BCUT2D eigenvalue weighted by Crippen LogP contribution is -2.37. The molecule has 2 amide bonds. The normalized spacial score (nSPS) is 11.0. The summed E-state index contributed by atoms with van der Waals surface area (Å²) in [4.78, 5) is 49.7. The van der Waals surface area contributed by atoms with Crippen LogP contribution in [0.3, 0.4) is 0 Å². The van der Waals surface area contributed by atoms with E-state index in [0.29, 0.717) is 0 Å². The molecule has 2 rings (SSSR count). The van der Waals surface area contributed by atoms with Gasteiger partial charge in [-0.1, -0.05) is 17.7 Å². The van der Waals surface area contributed by atoms with E-state index in [1.54, 1.807) is 0 Å². The number of carbonyl (C=O) groups is 2. The number of hydrogen-bond donors (Lipinski definition) is 1. The zero-order valence-corrected chi connectivity index (χ0v) is 17.6. The molecular weight excluding hydrogens is 372 g/mol. The molecule has 0 saturated heterocycles. The molecule has 8 heteroatoms. The summed E-state index contributed by atoms with van der Waals surface area (Å²) in [6.45, 7) is 5.69. The van der Waals surface area contributed by atoms with Crippen LogP contribution in [0.4, 0.5) is 5.69 Å². The zero-order valence-electron chi connectivity index (χ0n) is 17.6. The Morgan fingerprint density at radius 1 is 1.10 bits per heavy atom. The summed E-state index contributed by atoms with van der Waals surface area (Å²) in [6, 6.07) is 3.96. The molecule has 0 atom stereocenters. The van der Waals surface area contributed by atoms with Gasteiger partial charge in [-0.15, -0.1) is 0 Å². The molecule has 0 aliphatic heterocycles. The van der Waals surface area contributed by atoms with Crippen LogP contribution < -0.4 is 16.6 Å². The van der Waals surface area contributed by atoms with Crippen LogP contribution in [0.15, 0.2) is 34.0 Å². The lowest BCUT2D eigenvalue weighted by Gasteiger charge is -2.17. The summed E-state index contributed by atoms with van der Waals surface area (Å²) < 4.78 is 2.22. The smallest absolute Gasteiger partial charge is 0.330 e. The number of likely N-dealkylation sites (N-methyl/N-ethyl adjacent to an activating group) is 1. The van der Waals surface area contributed by atoms with Gasteiger partial charge < -0.3 is 14.8 Å². The maximum Gasteiger partial charge on any atom is 0.330 e. The Morgan fingerprint density at radius 3 is 2.28 bits per heavy atom. The maximum atomic E-state index is 12.4. The molecule has 0 unspecified atom stereocenters. The van der Waals surface area contributed by atoms with Crippen molar-refractivity contribution in [2.75, 3.05) is 18.9 Å². The van der Waals surface area contributed by atoms with E-state index in [1.807, 2.05) is 32.9 Å². The summed E-state index contributed by atoms with van der Waals surface area (Å²) in [5, 5.41) is 2.85. The van der Waals surface area contributed by atoms with Crippen LogP contribution >= 0.6 is 0 Å². The fourth-order valence-electron chi connectivity index (χ4n) is 3.09. The number of aromatic nitrogens is 2. The van der Waals surface area contributed by atoms with Crippen LogP contribution in [0.1, 0.15) is 22.3 Å². The van der Waals surface area contributed by atoms with Crippen molar-refractivity contribution in [3.05, 3.63) is 67.5 Å². The van der Waals surface area contributed by atoms with Crippen LogP contribution in [0, 0.1) is 20.8 Å². The van der Waals surface area contributed by atoms with Crippen molar-refractivity contribution >= 4 is 23.6 Å². The minimum atomic E-state index is -0.497. The van der Waals surface area contributed by atoms with Gasteiger partial charge in [-0.25, -0.2) is 4.79 Å². The van der Waals surface area contributed by atoms with Crippen molar-refractivity contribution < 1.29 is 9.59 Å². The zero-order chi connectivity index (χ0) is 21.9. The predicted octanol–water partition coefficient (Wildman–Crippen LogP) is 1.12. The third-order valence-electron chi connectivity index (χ3n) is 4.58. The van der Waals surface area contributed by atoms with Gasteiger partial charge in [0.25, 0.3) is 5.56 Å². The third-order valence-corrected chi connectivity index (χ3v) is 4.58. The van der Waals surface area contributed by atoms with Gasteiger partial charge in [0.2, 0.25) is 11.8 Å². The molecule has 1 aromatic carbocycles. The summed E-state index contributed by atoms with van der Waals surface area (Å²) in [6.07, 6.45) is 3.91. The van der Waals surface area contributed by atoms with Crippen molar-refractivity contribution in [3.63, 3.8) is 0 Å². The van der Waals surface area contributed by atoms with E-state index < -0.39 is 17.2 Å².